The fourth-order valence-corrected chi connectivity index (χ4v) is 0.474. The fraction of sp³-hybridized carbons (Fsp3) is 0. The third kappa shape index (κ3) is 14.1. The molecule has 14 heavy (non-hydrogen) atoms. The van der Waals surface area contributed by atoms with Gasteiger partial charge in [0.05, 0.1) is 0 Å². The molecule has 0 unspecified atom stereocenters. The van der Waals surface area contributed by atoms with Crippen molar-refractivity contribution < 1.29 is 0 Å². The van der Waals surface area contributed by atoms with E-state index in [1.165, 1.54) is 0 Å². The Kier molecular flexibility index (Phi) is 17.3. The molecule has 1 radical (unpaired) electrons. The molecule has 0 amide bonds. The van der Waals surface area contributed by atoms with Crippen LogP contribution >= 0.6 is 12.1 Å². The van der Waals surface area contributed by atoms with Crippen LogP contribution in [0.1, 0.15) is 0 Å². The van der Waals surface area contributed by atoms with Gasteiger partial charge in [0.15, 0.2) is 0 Å². The fourth-order valence-electron chi connectivity index (χ4n) is 0.230. The van der Waals surface area contributed by atoms with Gasteiger partial charge in [0.2, 0.25) is 0 Å². The van der Waals surface area contributed by atoms with E-state index in [4.69, 9.17) is 0 Å². The summed E-state index contributed by atoms with van der Waals surface area (Å²) in [6.07, 6.45) is 0. The molecule has 12 nitrogen and oxygen atoms in total. The predicted octanol–water partition coefficient (Wildman–Crippen LogP) is -3.15. The van der Waals surface area contributed by atoms with E-state index >= 15 is 0 Å². The molecular formula is H10N12NaS. The number of nitrogens with zero attached hydrogens (tertiary/aromatic N) is 4. The molecule has 0 aliphatic rings. The summed E-state index contributed by atoms with van der Waals surface area (Å²) in [6, 6.07) is 0. The molecular weight excluding hydrogens is 223 g/mol. The van der Waals surface area contributed by atoms with Crippen LogP contribution in [0.5, 0.6) is 0 Å². The molecule has 0 fully saturated rings. The zero-order valence-corrected chi connectivity index (χ0v) is 10.2. The minimum Gasteiger partial charge on any atom is -0.303 e. The summed E-state index contributed by atoms with van der Waals surface area (Å²) in [6.45, 7) is 0. The Morgan fingerprint density at radius 2 is 1.29 bits per heavy atom. The molecule has 0 heterocycles. The van der Waals surface area contributed by atoms with E-state index in [0.29, 0.717) is 0 Å². The number of hydrogen-bond donors (Lipinski definition) is 8. The first-order valence-corrected chi connectivity index (χ1v) is 3.59. The molecule has 0 aliphatic carbocycles. The van der Waals surface area contributed by atoms with Gasteiger partial charge >= 0.3 is 0 Å². The summed E-state index contributed by atoms with van der Waals surface area (Å²) >= 11 is 1.02. The Bertz CT molecular complexity index is 125. The van der Waals surface area contributed by atoms with Gasteiger partial charge in [0.25, 0.3) is 0 Å². The Labute approximate surface area is 106 Å². The number of nitrogens with one attached hydrogen (secondary N) is 6. The van der Waals surface area contributed by atoms with Gasteiger partial charge in [0.1, 0.15) is 0 Å². The van der Waals surface area contributed by atoms with Crippen LogP contribution < -0.4 is 43.5 Å². The van der Waals surface area contributed by atoms with Gasteiger partial charge in [-0.2, -0.15) is 9.66 Å². The first kappa shape index (κ1) is 16.0. The Morgan fingerprint density at radius 3 is 1.64 bits per heavy atom. The minimum atomic E-state index is 0. The quantitative estimate of drug-likeness (QED) is 0.0537. The number of hydrazine groups is 4. The normalized spacial score (nSPS) is 10.3. The molecule has 77 valence electrons. The Morgan fingerprint density at radius 1 is 0.857 bits per heavy atom. The van der Waals surface area contributed by atoms with Crippen LogP contribution in [-0.2, 0) is 0 Å². The van der Waals surface area contributed by atoms with Crippen LogP contribution in [0, 0.1) is 0 Å². The van der Waals surface area contributed by atoms with E-state index in [0.717, 1.165) is 12.1 Å². The van der Waals surface area contributed by atoms with Crippen LogP contribution in [-0.4, -0.2) is 29.6 Å². The maximum Gasteiger partial charge on any atom is 0.0369 e. The molecule has 0 aromatic carbocycles. The van der Waals surface area contributed by atoms with Crippen LogP contribution in [0.15, 0.2) is 20.9 Å². The molecule has 14 heteroatoms. The first-order valence-electron chi connectivity index (χ1n) is 2.77. The molecule has 0 bridgehead atoms. The van der Waals surface area contributed by atoms with Crippen molar-refractivity contribution in [1.29, 1.82) is 0 Å². The number of nitrogens with two attached hydrogens (primary N) is 2. The Balaban J connectivity index is 0. The van der Waals surface area contributed by atoms with E-state index in [9.17, 15) is 0 Å². The van der Waals surface area contributed by atoms with Gasteiger partial charge in [-0.1, -0.05) is 10.4 Å². The minimum absolute atomic E-state index is 0. The van der Waals surface area contributed by atoms with Crippen molar-refractivity contribution in [2.75, 3.05) is 0 Å². The van der Waals surface area contributed by atoms with Gasteiger partial charge in [-0.25, -0.2) is 11.1 Å². The summed E-state index contributed by atoms with van der Waals surface area (Å²) in [5, 5.41) is 12.2. The molecule has 0 rings (SSSR count). The van der Waals surface area contributed by atoms with Crippen LogP contribution in [0.4, 0.5) is 0 Å². The smallest absolute Gasteiger partial charge is 0.0369 e. The molecule has 0 saturated carbocycles. The molecule has 0 aromatic rings. The van der Waals surface area contributed by atoms with E-state index in [2.05, 4.69) is 64.4 Å². The van der Waals surface area contributed by atoms with Gasteiger partial charge in [-0.3, -0.25) is 0 Å². The van der Waals surface area contributed by atoms with Gasteiger partial charge in [0, 0.05) is 41.7 Å². The molecule has 0 saturated heterocycles. The maximum absolute atomic E-state index is 4.67. The predicted molar refractivity (Wildman–Crippen MR) is 50.2 cm³/mol. The Hall–Kier alpha value is -0.410. The van der Waals surface area contributed by atoms with Gasteiger partial charge in [-0.15, -0.1) is 11.1 Å². The molecule has 0 atom stereocenters. The average molecular weight is 233 g/mol. The second-order valence-electron chi connectivity index (χ2n) is 1.21. The molecule has 10 N–H and O–H groups in total. The molecule has 0 spiro atoms. The molecule has 0 aliphatic heterocycles. The van der Waals surface area contributed by atoms with Gasteiger partial charge < -0.3 is 11.7 Å². The van der Waals surface area contributed by atoms with Crippen molar-refractivity contribution in [3.8, 4) is 0 Å². The SMILES string of the molecule is NN=NNNNSNNNN=NN.[Na]. The summed E-state index contributed by atoms with van der Waals surface area (Å²) in [5.74, 6) is 9.35. The molecule has 0 aromatic heterocycles. The van der Waals surface area contributed by atoms with Crippen molar-refractivity contribution in [1.82, 2.24) is 31.8 Å². The zero-order chi connectivity index (χ0) is 9.78. The van der Waals surface area contributed by atoms with Gasteiger partial charge in [-0.05, 0) is 10.4 Å². The topological polar surface area (TPSA) is 174 Å². The second-order valence-corrected chi connectivity index (χ2v) is 1.82. The van der Waals surface area contributed by atoms with Crippen molar-refractivity contribution in [3.05, 3.63) is 0 Å². The van der Waals surface area contributed by atoms with Crippen molar-refractivity contribution in [2.24, 2.45) is 32.6 Å². The summed E-state index contributed by atoms with van der Waals surface area (Å²) in [4.78, 5) is 5.05. The summed E-state index contributed by atoms with van der Waals surface area (Å²) in [7, 11) is 0. The maximum atomic E-state index is 4.67. The number of rotatable bonds is 8. The van der Waals surface area contributed by atoms with Crippen molar-refractivity contribution in [2.45, 2.75) is 0 Å². The second kappa shape index (κ2) is 15.1. The average Bonchev–Trinajstić information content (AvgIpc) is 2.16. The zero-order valence-electron chi connectivity index (χ0n) is 7.35. The first-order chi connectivity index (χ1) is 6.41. The van der Waals surface area contributed by atoms with Crippen molar-refractivity contribution >= 4 is 41.7 Å². The number of hydrogen-bond acceptors (Lipinski definition) is 9. The summed E-state index contributed by atoms with van der Waals surface area (Å²) in [5.41, 5.74) is 9.26. The van der Waals surface area contributed by atoms with E-state index in [-0.39, 0.29) is 29.6 Å². The third-order valence-corrected chi connectivity index (χ3v) is 0.940. The van der Waals surface area contributed by atoms with Crippen LogP contribution in [0.25, 0.3) is 0 Å². The van der Waals surface area contributed by atoms with E-state index < -0.39 is 0 Å². The summed E-state index contributed by atoms with van der Waals surface area (Å²) < 4.78 is 0. The van der Waals surface area contributed by atoms with E-state index in [1.54, 1.807) is 0 Å². The standard InChI is InChI=1S/H10N12S.Na/c1-3-5-7-9-11-13-12-10-8-6-4-2;/h(H3,1,5,9)(H3,2,6,10)(H2,3,7,11)(H2,4,8,12);. The van der Waals surface area contributed by atoms with Crippen LogP contribution in [0.3, 0.4) is 0 Å². The monoisotopic (exact) mass is 233 g/mol. The largest absolute Gasteiger partial charge is 0.303 e. The van der Waals surface area contributed by atoms with E-state index in [1.807, 2.05) is 0 Å². The van der Waals surface area contributed by atoms with Crippen molar-refractivity contribution in [3.63, 3.8) is 0 Å². The third-order valence-electron chi connectivity index (χ3n) is 0.531. The van der Waals surface area contributed by atoms with Crippen LogP contribution in [0.2, 0.25) is 0 Å².